The molecule has 0 aliphatic carbocycles. The number of H-pyrrole nitrogens is 1. The number of aliphatic carboxylic acids is 1. The summed E-state index contributed by atoms with van der Waals surface area (Å²) in [5, 5.41) is 12.0. The highest BCUT2D eigenvalue weighted by Gasteiger charge is 2.30. The molecule has 1 aliphatic rings. The van der Waals surface area contributed by atoms with Crippen LogP contribution in [0.2, 0.25) is 0 Å². The first-order chi connectivity index (χ1) is 9.65. The summed E-state index contributed by atoms with van der Waals surface area (Å²) in [7, 11) is 0. The van der Waals surface area contributed by atoms with E-state index in [-0.39, 0.29) is 12.0 Å². The molecule has 3 rings (SSSR count). The van der Waals surface area contributed by atoms with Crippen LogP contribution in [0.15, 0.2) is 18.6 Å². The third-order valence-electron chi connectivity index (χ3n) is 3.83. The number of rotatable bonds is 3. The quantitative estimate of drug-likeness (QED) is 0.785. The first kappa shape index (κ1) is 12.9. The van der Waals surface area contributed by atoms with Crippen LogP contribution in [-0.2, 0) is 4.79 Å². The summed E-state index contributed by atoms with van der Waals surface area (Å²) in [4.78, 5) is 22.6. The van der Waals surface area contributed by atoms with Crippen molar-refractivity contribution in [2.24, 2.45) is 5.92 Å². The van der Waals surface area contributed by atoms with E-state index in [1.54, 1.807) is 0 Å². The molecule has 0 saturated carbocycles. The van der Waals surface area contributed by atoms with Crippen molar-refractivity contribution in [2.75, 3.05) is 12.0 Å². The van der Waals surface area contributed by atoms with Gasteiger partial charge in [0, 0.05) is 18.8 Å². The van der Waals surface area contributed by atoms with E-state index in [0.717, 1.165) is 23.9 Å². The van der Waals surface area contributed by atoms with Gasteiger partial charge in [-0.2, -0.15) is 0 Å². The van der Waals surface area contributed by atoms with Gasteiger partial charge in [-0.05, 0) is 25.8 Å². The molecular formula is C13H17N5O2. The van der Waals surface area contributed by atoms with Crippen molar-refractivity contribution in [3.8, 4) is 0 Å². The lowest BCUT2D eigenvalue weighted by Gasteiger charge is -2.36. The zero-order valence-electron chi connectivity index (χ0n) is 11.2. The van der Waals surface area contributed by atoms with Gasteiger partial charge in [-0.15, -0.1) is 0 Å². The van der Waals surface area contributed by atoms with Crippen LogP contribution in [0.25, 0.3) is 11.0 Å². The number of carboxylic acids is 1. The van der Waals surface area contributed by atoms with Crippen molar-refractivity contribution in [2.45, 2.75) is 25.8 Å². The van der Waals surface area contributed by atoms with Gasteiger partial charge in [0.25, 0.3) is 0 Å². The van der Waals surface area contributed by atoms with Crippen LogP contribution in [0, 0.1) is 5.92 Å². The van der Waals surface area contributed by atoms with Crippen molar-refractivity contribution in [3.05, 3.63) is 18.6 Å². The van der Waals surface area contributed by atoms with Crippen molar-refractivity contribution in [3.63, 3.8) is 0 Å². The second-order valence-electron chi connectivity index (χ2n) is 5.19. The molecule has 7 heteroatoms. The second-order valence-corrected chi connectivity index (χ2v) is 5.19. The topological polar surface area (TPSA) is 94.1 Å². The number of hydrazine groups is 1. The average molecular weight is 275 g/mol. The number of nitrogens with zero attached hydrogens (tertiary/aromatic N) is 3. The molecule has 2 aromatic rings. The van der Waals surface area contributed by atoms with Gasteiger partial charge in [-0.25, -0.2) is 15.0 Å². The van der Waals surface area contributed by atoms with Gasteiger partial charge in [0.1, 0.15) is 12.0 Å². The Hall–Kier alpha value is -2.15. The predicted molar refractivity (Wildman–Crippen MR) is 74.0 cm³/mol. The normalized spacial score (nSPS) is 23.9. The lowest BCUT2D eigenvalue weighted by Crippen LogP contribution is -2.47. The Balaban J connectivity index is 1.82. The molecule has 2 atom stereocenters. The molecule has 3 N–H and O–H groups in total. The Kier molecular flexibility index (Phi) is 3.27. The van der Waals surface area contributed by atoms with Gasteiger partial charge < -0.3 is 15.5 Å². The Morgan fingerprint density at radius 1 is 1.50 bits per heavy atom. The molecule has 1 aliphatic heterocycles. The van der Waals surface area contributed by atoms with Crippen LogP contribution in [0.1, 0.15) is 19.8 Å². The minimum absolute atomic E-state index is 0.273. The fourth-order valence-electron chi connectivity index (χ4n) is 2.56. The van der Waals surface area contributed by atoms with Gasteiger partial charge >= 0.3 is 5.97 Å². The van der Waals surface area contributed by atoms with Gasteiger partial charge in [0.2, 0.25) is 0 Å². The second kappa shape index (κ2) is 5.09. The van der Waals surface area contributed by atoms with E-state index in [1.165, 1.54) is 6.33 Å². The van der Waals surface area contributed by atoms with Gasteiger partial charge in [-0.3, -0.25) is 4.79 Å². The van der Waals surface area contributed by atoms with Crippen molar-refractivity contribution in [1.29, 1.82) is 0 Å². The fourth-order valence-corrected chi connectivity index (χ4v) is 2.56. The third-order valence-corrected chi connectivity index (χ3v) is 3.83. The van der Waals surface area contributed by atoms with Crippen LogP contribution >= 0.6 is 0 Å². The summed E-state index contributed by atoms with van der Waals surface area (Å²) < 4.78 is 0. The zero-order valence-corrected chi connectivity index (χ0v) is 11.2. The first-order valence-corrected chi connectivity index (χ1v) is 6.69. The van der Waals surface area contributed by atoms with Crippen LogP contribution in [-0.4, -0.2) is 43.6 Å². The molecule has 2 unspecified atom stereocenters. The smallest absolute Gasteiger partial charge is 0.307 e. The minimum atomic E-state index is -0.738. The highest BCUT2D eigenvalue weighted by molar-refractivity contribution is 5.86. The number of hydrogen-bond donors (Lipinski definition) is 3. The monoisotopic (exact) mass is 275 g/mol. The number of aromatic amines is 1. The van der Waals surface area contributed by atoms with Crippen LogP contribution in [0.4, 0.5) is 5.82 Å². The Bertz CT molecular complexity index is 626. The molecule has 1 saturated heterocycles. The number of nitrogens with one attached hydrogen (secondary N) is 2. The van der Waals surface area contributed by atoms with E-state index in [9.17, 15) is 4.79 Å². The number of piperidine rings is 1. The maximum atomic E-state index is 11.1. The standard InChI is InChI=1S/C13H17N5O2/c1-8-2-3-9(13(19)20)6-18(8)17-12-10-4-5-14-11(10)15-7-16-12/h4-5,7-9H,2-3,6H2,1H3,(H,19,20)(H2,14,15,16,17). The highest BCUT2D eigenvalue weighted by atomic mass is 16.4. The molecular weight excluding hydrogens is 258 g/mol. The van der Waals surface area contributed by atoms with Crippen LogP contribution < -0.4 is 5.43 Å². The summed E-state index contributed by atoms with van der Waals surface area (Å²) in [6, 6.07) is 2.18. The summed E-state index contributed by atoms with van der Waals surface area (Å²) in [6.45, 7) is 2.56. The molecule has 1 fully saturated rings. The van der Waals surface area contributed by atoms with Gasteiger partial charge in [0.05, 0.1) is 11.3 Å². The SMILES string of the molecule is CC1CCC(C(=O)O)CN1Nc1ncnc2[nH]ccc12. The molecule has 0 aromatic carbocycles. The Morgan fingerprint density at radius 2 is 2.35 bits per heavy atom. The zero-order chi connectivity index (χ0) is 14.1. The molecule has 2 aromatic heterocycles. The molecule has 3 heterocycles. The van der Waals surface area contributed by atoms with Crippen molar-refractivity contribution < 1.29 is 9.90 Å². The number of carboxylic acid groups (broad SMARTS) is 1. The minimum Gasteiger partial charge on any atom is -0.481 e. The highest BCUT2D eigenvalue weighted by Crippen LogP contribution is 2.24. The van der Waals surface area contributed by atoms with Crippen LogP contribution in [0.5, 0.6) is 0 Å². The molecule has 0 spiro atoms. The maximum absolute atomic E-state index is 11.1. The summed E-state index contributed by atoms with van der Waals surface area (Å²) >= 11 is 0. The number of anilines is 1. The molecule has 106 valence electrons. The van der Waals surface area contributed by atoms with E-state index >= 15 is 0 Å². The fraction of sp³-hybridized carbons (Fsp3) is 0.462. The summed E-state index contributed by atoms with van der Waals surface area (Å²) in [5.74, 6) is -0.366. The third kappa shape index (κ3) is 2.32. The Labute approximate surface area is 116 Å². The number of aromatic nitrogens is 3. The average Bonchev–Trinajstić information content (AvgIpc) is 2.90. The van der Waals surface area contributed by atoms with E-state index in [1.807, 2.05) is 17.3 Å². The van der Waals surface area contributed by atoms with Gasteiger partial charge in [-0.1, -0.05) is 0 Å². The number of carbonyl (C=O) groups is 1. The summed E-state index contributed by atoms with van der Waals surface area (Å²) in [5.41, 5.74) is 4.01. The van der Waals surface area contributed by atoms with Gasteiger partial charge in [0.15, 0.2) is 5.82 Å². The Morgan fingerprint density at radius 3 is 3.15 bits per heavy atom. The molecule has 0 radical (unpaired) electrons. The van der Waals surface area contributed by atoms with E-state index in [4.69, 9.17) is 5.11 Å². The van der Waals surface area contributed by atoms with E-state index in [0.29, 0.717) is 12.4 Å². The lowest BCUT2D eigenvalue weighted by molar-refractivity contribution is -0.143. The molecule has 0 bridgehead atoms. The maximum Gasteiger partial charge on any atom is 0.307 e. The molecule has 7 nitrogen and oxygen atoms in total. The number of fused-ring (bicyclic) bond motifs is 1. The lowest BCUT2D eigenvalue weighted by atomic mass is 9.95. The molecule has 20 heavy (non-hydrogen) atoms. The van der Waals surface area contributed by atoms with Crippen molar-refractivity contribution >= 4 is 22.8 Å². The van der Waals surface area contributed by atoms with Crippen molar-refractivity contribution in [1.82, 2.24) is 20.0 Å². The van der Waals surface area contributed by atoms with E-state index in [2.05, 4.69) is 27.3 Å². The van der Waals surface area contributed by atoms with E-state index < -0.39 is 5.97 Å². The summed E-state index contributed by atoms with van der Waals surface area (Å²) in [6.07, 6.45) is 4.87. The largest absolute Gasteiger partial charge is 0.481 e. The predicted octanol–water partition coefficient (Wildman–Crippen LogP) is 1.47. The molecule has 0 amide bonds. The van der Waals surface area contributed by atoms with Crippen LogP contribution in [0.3, 0.4) is 0 Å². The number of hydrogen-bond acceptors (Lipinski definition) is 5. The first-order valence-electron chi connectivity index (χ1n) is 6.69.